The second-order valence-corrected chi connectivity index (χ2v) is 6.94. The molecular formula is C22H22FN3O2. The largest absolute Gasteiger partial charge is 0.496 e. The van der Waals surface area contributed by atoms with Crippen LogP contribution in [0.25, 0.3) is 0 Å². The van der Waals surface area contributed by atoms with Crippen molar-refractivity contribution in [2.75, 3.05) is 7.11 Å². The number of nitrogens with one attached hydrogen (secondary N) is 1. The number of aromatic nitrogens is 2. The fraction of sp³-hybridized carbons (Fsp3) is 0.273. The van der Waals surface area contributed by atoms with Crippen molar-refractivity contribution in [3.63, 3.8) is 0 Å². The summed E-state index contributed by atoms with van der Waals surface area (Å²) >= 11 is 0. The Morgan fingerprint density at radius 3 is 2.96 bits per heavy atom. The van der Waals surface area contributed by atoms with Crippen LogP contribution >= 0.6 is 0 Å². The summed E-state index contributed by atoms with van der Waals surface area (Å²) in [4.78, 5) is 12.5. The van der Waals surface area contributed by atoms with E-state index in [-0.39, 0.29) is 11.9 Å². The lowest BCUT2D eigenvalue weighted by atomic mass is 9.92. The second-order valence-electron chi connectivity index (χ2n) is 6.94. The van der Waals surface area contributed by atoms with Crippen LogP contribution in [0.5, 0.6) is 5.75 Å². The first-order valence-electron chi connectivity index (χ1n) is 9.38. The molecule has 0 radical (unpaired) electrons. The Morgan fingerprint density at radius 2 is 2.14 bits per heavy atom. The summed E-state index contributed by atoms with van der Waals surface area (Å²) in [5, 5.41) is 7.60. The van der Waals surface area contributed by atoms with E-state index in [0.717, 1.165) is 41.8 Å². The molecule has 0 fully saturated rings. The summed E-state index contributed by atoms with van der Waals surface area (Å²) in [5.74, 6) is 0.148. The molecule has 0 saturated carbocycles. The van der Waals surface area contributed by atoms with Gasteiger partial charge in [0.25, 0.3) is 5.91 Å². The summed E-state index contributed by atoms with van der Waals surface area (Å²) < 4.78 is 20.8. The van der Waals surface area contributed by atoms with Crippen LogP contribution in [0.15, 0.2) is 54.7 Å². The number of carbonyl (C=O) groups is 1. The van der Waals surface area contributed by atoms with E-state index in [1.54, 1.807) is 19.2 Å². The van der Waals surface area contributed by atoms with E-state index in [2.05, 4.69) is 10.4 Å². The van der Waals surface area contributed by atoms with Crippen LogP contribution < -0.4 is 10.1 Å². The molecule has 1 heterocycles. The number of methoxy groups -OCH3 is 1. The van der Waals surface area contributed by atoms with Gasteiger partial charge in [-0.25, -0.2) is 4.39 Å². The first kappa shape index (κ1) is 18.2. The molecule has 3 aromatic rings. The maximum Gasteiger partial charge on any atom is 0.251 e. The summed E-state index contributed by atoms with van der Waals surface area (Å²) in [6.45, 7) is 0.615. The molecule has 0 saturated heterocycles. The van der Waals surface area contributed by atoms with Crippen LogP contribution in [0, 0.1) is 5.82 Å². The summed E-state index contributed by atoms with van der Waals surface area (Å²) in [7, 11) is 1.66. The van der Waals surface area contributed by atoms with Crippen LogP contribution in [0.2, 0.25) is 0 Å². The number of hydrogen-bond donors (Lipinski definition) is 1. The Kier molecular flexibility index (Phi) is 5.10. The van der Waals surface area contributed by atoms with Gasteiger partial charge in [0.2, 0.25) is 0 Å². The molecule has 6 heteroatoms. The van der Waals surface area contributed by atoms with Gasteiger partial charge in [0.05, 0.1) is 25.9 Å². The van der Waals surface area contributed by atoms with Crippen molar-refractivity contribution in [1.82, 2.24) is 15.1 Å². The molecule has 1 aliphatic rings. The number of halogens is 1. The van der Waals surface area contributed by atoms with Crippen molar-refractivity contribution in [2.24, 2.45) is 0 Å². The zero-order chi connectivity index (χ0) is 19.5. The molecule has 1 aliphatic carbocycles. The van der Waals surface area contributed by atoms with Crippen molar-refractivity contribution < 1.29 is 13.9 Å². The number of para-hydroxylation sites is 1. The molecule has 4 rings (SSSR count). The molecule has 144 valence electrons. The number of amides is 1. The fourth-order valence-electron chi connectivity index (χ4n) is 3.77. The molecule has 1 unspecified atom stereocenters. The van der Waals surface area contributed by atoms with Gasteiger partial charge in [-0.2, -0.15) is 5.10 Å². The molecule has 1 atom stereocenters. The maximum atomic E-state index is 13.4. The van der Waals surface area contributed by atoms with E-state index >= 15 is 0 Å². The number of fused-ring (bicyclic) bond motifs is 1. The standard InChI is InChI=1S/C22H22FN3O2/c1-28-21-11-3-2-6-16(21)14-26-20-10-5-9-19(18(20)13-24-26)25-22(27)15-7-4-8-17(23)12-15/h2-4,6-8,11-13,19H,5,9-10,14H2,1H3,(H,25,27). The van der Waals surface area contributed by atoms with E-state index in [0.29, 0.717) is 12.1 Å². The molecule has 0 aliphatic heterocycles. The highest BCUT2D eigenvalue weighted by atomic mass is 19.1. The minimum Gasteiger partial charge on any atom is -0.496 e. The normalized spacial score (nSPS) is 15.7. The predicted molar refractivity (Wildman–Crippen MR) is 104 cm³/mol. The number of carbonyl (C=O) groups excluding carboxylic acids is 1. The summed E-state index contributed by atoms with van der Waals surface area (Å²) in [5.41, 5.74) is 3.54. The third kappa shape index (κ3) is 3.63. The number of nitrogens with zero attached hydrogens (tertiary/aromatic N) is 2. The molecule has 5 nitrogen and oxygen atoms in total. The topological polar surface area (TPSA) is 56.1 Å². The Bertz CT molecular complexity index is 999. The second kappa shape index (κ2) is 7.84. The number of ether oxygens (including phenoxy) is 1. The first-order valence-corrected chi connectivity index (χ1v) is 9.38. The lowest BCUT2D eigenvalue weighted by molar-refractivity contribution is 0.0932. The van der Waals surface area contributed by atoms with Gasteiger partial charge in [0, 0.05) is 22.4 Å². The van der Waals surface area contributed by atoms with Crippen molar-refractivity contribution in [3.8, 4) is 5.75 Å². The van der Waals surface area contributed by atoms with Gasteiger partial charge in [-0.1, -0.05) is 24.3 Å². The van der Waals surface area contributed by atoms with Gasteiger partial charge >= 0.3 is 0 Å². The Labute approximate surface area is 163 Å². The molecule has 0 bridgehead atoms. The number of benzene rings is 2. The van der Waals surface area contributed by atoms with Gasteiger partial charge < -0.3 is 10.1 Å². The van der Waals surface area contributed by atoms with Gasteiger partial charge in [-0.3, -0.25) is 9.48 Å². The zero-order valence-electron chi connectivity index (χ0n) is 15.7. The minimum atomic E-state index is -0.415. The van der Waals surface area contributed by atoms with Crippen LogP contribution in [0.3, 0.4) is 0 Å². The highest BCUT2D eigenvalue weighted by Crippen LogP contribution is 2.31. The highest BCUT2D eigenvalue weighted by molar-refractivity contribution is 5.94. The van der Waals surface area contributed by atoms with Crippen LogP contribution in [0.4, 0.5) is 4.39 Å². The van der Waals surface area contributed by atoms with E-state index in [4.69, 9.17) is 4.74 Å². The quantitative estimate of drug-likeness (QED) is 0.732. The van der Waals surface area contributed by atoms with Crippen molar-refractivity contribution >= 4 is 5.91 Å². The van der Waals surface area contributed by atoms with Crippen LogP contribution in [-0.4, -0.2) is 22.8 Å². The maximum absolute atomic E-state index is 13.4. The lowest BCUT2D eigenvalue weighted by Crippen LogP contribution is -2.31. The Hall–Kier alpha value is -3.15. The predicted octanol–water partition coefficient (Wildman–Crippen LogP) is 3.89. The van der Waals surface area contributed by atoms with Gasteiger partial charge in [-0.15, -0.1) is 0 Å². The fourth-order valence-corrected chi connectivity index (χ4v) is 3.77. The third-order valence-corrected chi connectivity index (χ3v) is 5.17. The smallest absolute Gasteiger partial charge is 0.251 e. The van der Waals surface area contributed by atoms with Crippen molar-refractivity contribution in [2.45, 2.75) is 31.8 Å². The Balaban J connectivity index is 1.55. The zero-order valence-corrected chi connectivity index (χ0v) is 15.7. The Morgan fingerprint density at radius 1 is 1.29 bits per heavy atom. The van der Waals surface area contributed by atoms with E-state index in [9.17, 15) is 9.18 Å². The van der Waals surface area contributed by atoms with Crippen LogP contribution in [-0.2, 0) is 13.0 Å². The van der Waals surface area contributed by atoms with Crippen molar-refractivity contribution in [3.05, 3.63) is 82.9 Å². The summed E-state index contributed by atoms with van der Waals surface area (Å²) in [6, 6.07) is 13.5. The SMILES string of the molecule is COc1ccccc1Cn1ncc2c1CCCC2NC(=O)c1cccc(F)c1. The molecule has 1 N–H and O–H groups in total. The molecular weight excluding hydrogens is 357 g/mol. The van der Waals surface area contributed by atoms with Crippen molar-refractivity contribution in [1.29, 1.82) is 0 Å². The highest BCUT2D eigenvalue weighted by Gasteiger charge is 2.26. The van der Waals surface area contributed by atoms with Crippen LogP contribution in [0.1, 0.15) is 46.1 Å². The van der Waals surface area contributed by atoms with E-state index in [1.807, 2.05) is 35.1 Å². The van der Waals surface area contributed by atoms with E-state index < -0.39 is 5.82 Å². The molecule has 2 aromatic carbocycles. The number of hydrogen-bond acceptors (Lipinski definition) is 3. The first-order chi connectivity index (χ1) is 13.7. The van der Waals surface area contributed by atoms with Gasteiger partial charge in [0.1, 0.15) is 11.6 Å². The summed E-state index contributed by atoms with van der Waals surface area (Å²) in [6.07, 6.45) is 4.55. The molecule has 0 spiro atoms. The lowest BCUT2D eigenvalue weighted by Gasteiger charge is -2.24. The molecule has 1 aromatic heterocycles. The molecule has 1 amide bonds. The average molecular weight is 379 g/mol. The molecule has 28 heavy (non-hydrogen) atoms. The average Bonchev–Trinajstić information content (AvgIpc) is 3.12. The minimum absolute atomic E-state index is 0.120. The monoisotopic (exact) mass is 379 g/mol. The van der Waals surface area contributed by atoms with Gasteiger partial charge in [-0.05, 0) is 43.5 Å². The van der Waals surface area contributed by atoms with E-state index in [1.165, 1.54) is 12.1 Å². The number of rotatable bonds is 5. The third-order valence-electron chi connectivity index (χ3n) is 5.17. The van der Waals surface area contributed by atoms with Gasteiger partial charge in [0.15, 0.2) is 0 Å².